The Kier molecular flexibility index (Phi) is 14.6. The Hall–Kier alpha value is -2.30. The smallest absolute Gasteiger partial charge is 0.309 e. The Labute approximate surface area is 380 Å². The molecule has 12 atom stereocenters. The van der Waals surface area contributed by atoms with E-state index in [1.807, 2.05) is 0 Å². The van der Waals surface area contributed by atoms with Crippen LogP contribution in [0.2, 0.25) is 0 Å². The Morgan fingerprint density at radius 3 is 2.02 bits per heavy atom. The quantitative estimate of drug-likeness (QED) is 0.0806. The zero-order chi connectivity index (χ0) is 46.6. The average molecular weight is 881 g/mol. The molecule has 6 aliphatic carbocycles. The Balaban J connectivity index is 0.000000871. The summed E-state index contributed by atoms with van der Waals surface area (Å²) in [4.78, 5) is 55.8. The van der Waals surface area contributed by atoms with Crippen LogP contribution >= 0.6 is 0 Å². The number of ether oxygens (including phenoxy) is 1. The number of allylic oxidation sites excluding steroid dienone is 1. The first kappa shape index (κ1) is 50.1. The van der Waals surface area contributed by atoms with Crippen LogP contribution < -0.4 is 5.32 Å². The van der Waals surface area contributed by atoms with Crippen molar-refractivity contribution < 1.29 is 39.2 Å². The van der Waals surface area contributed by atoms with E-state index in [0.717, 1.165) is 90.1 Å². The first-order valence-corrected chi connectivity index (χ1v) is 25.2. The van der Waals surface area contributed by atoms with Gasteiger partial charge in [0.2, 0.25) is 5.91 Å². The molecule has 0 aromatic rings. The van der Waals surface area contributed by atoms with Crippen molar-refractivity contribution in [1.82, 2.24) is 10.2 Å². The molecule has 4 N–H and O–H groups in total. The van der Waals surface area contributed by atoms with Crippen LogP contribution in [0.3, 0.4) is 0 Å². The van der Waals surface area contributed by atoms with Gasteiger partial charge in [-0.2, -0.15) is 0 Å². The fourth-order valence-corrected chi connectivity index (χ4v) is 16.3. The standard InChI is InChI=1S/C49H77NO6.C4H11NO2/c1-30(2)32-17-22-49(37(51)28-31-27-34(44(31,5)6)41(53)50-25-13-12-14-26-50)24-23-47(10)33(40(32)49)15-16-36-46(9)20-19-38(56-39(52)29-43(3,4)42(54)55)45(7,8)35(46)18-21-48(36,47)11;6-3-1-5-2-4-7/h31-36,38,40H,1,12-29H2,2-11H3,(H,54,55);5-7H,1-4H2/t31-,32-,33?,34+,35?,36?,38-,40?,46-,47+,48+,49+;/m0./s1. The van der Waals surface area contributed by atoms with E-state index in [4.69, 9.17) is 14.9 Å². The molecule has 1 saturated heterocycles. The van der Waals surface area contributed by atoms with E-state index in [9.17, 15) is 19.5 Å². The van der Waals surface area contributed by atoms with E-state index in [0.29, 0.717) is 60.8 Å². The van der Waals surface area contributed by atoms with Crippen LogP contribution in [0, 0.1) is 79.3 Å². The fourth-order valence-electron chi connectivity index (χ4n) is 16.3. The zero-order valence-electron chi connectivity index (χ0n) is 41.2. The fraction of sp³-hybridized carbons (Fsp3) is 0.887. The number of nitrogens with one attached hydrogen (secondary N) is 1. The number of Topliss-reactive ketones (excluding diaryl/α,β-unsaturated/α-hetero) is 1. The number of hydrogen-bond acceptors (Lipinski definition) is 8. The number of nitrogens with zero attached hydrogens (tertiary/aromatic N) is 1. The van der Waals surface area contributed by atoms with E-state index in [1.165, 1.54) is 18.4 Å². The predicted octanol–water partition coefficient (Wildman–Crippen LogP) is 9.25. The van der Waals surface area contributed by atoms with Crippen LogP contribution in [0.5, 0.6) is 0 Å². The van der Waals surface area contributed by atoms with Crippen LogP contribution in [0.25, 0.3) is 0 Å². The molecule has 7 rings (SSSR count). The number of ketones is 1. The topological polar surface area (TPSA) is 153 Å². The molecule has 0 bridgehead atoms. The summed E-state index contributed by atoms with van der Waals surface area (Å²) in [6, 6.07) is 0. The minimum Gasteiger partial charge on any atom is -0.481 e. The molecule has 1 aliphatic heterocycles. The van der Waals surface area contributed by atoms with Crippen molar-refractivity contribution >= 4 is 23.6 Å². The number of aliphatic carboxylic acids is 1. The molecule has 63 heavy (non-hydrogen) atoms. The molecule has 7 fully saturated rings. The SMILES string of the molecule is C=C(C)[C@@H]1CC[C@]2(C(=O)C[C@@H]3C[C@H](C(=O)N4CCCCC4)C3(C)C)CC[C@]3(C)C(CCC4[C@@]5(C)CC[C@H](OC(=O)CC(C)(C)C(=O)O)C(C)(C)C5CC[C@]43C)C12.OCCNCCO. The molecule has 7 aliphatic rings. The number of amides is 1. The molecule has 1 amide bonds. The van der Waals surface area contributed by atoms with Crippen molar-refractivity contribution in [2.75, 3.05) is 39.4 Å². The summed E-state index contributed by atoms with van der Waals surface area (Å²) in [6.07, 6.45) is 15.1. The van der Waals surface area contributed by atoms with Gasteiger partial charge in [0.25, 0.3) is 0 Å². The maximum absolute atomic E-state index is 15.1. The van der Waals surface area contributed by atoms with E-state index in [2.05, 4.69) is 72.2 Å². The number of carbonyl (C=O) groups excluding carboxylic acids is 3. The highest BCUT2D eigenvalue weighted by molar-refractivity contribution is 5.87. The number of carbonyl (C=O) groups is 4. The monoisotopic (exact) mass is 881 g/mol. The number of likely N-dealkylation sites (tertiary alicyclic amines) is 1. The van der Waals surface area contributed by atoms with Crippen molar-refractivity contribution in [3.63, 3.8) is 0 Å². The highest BCUT2D eigenvalue weighted by atomic mass is 16.5. The summed E-state index contributed by atoms with van der Waals surface area (Å²) in [7, 11) is 0. The summed E-state index contributed by atoms with van der Waals surface area (Å²) >= 11 is 0. The second-order valence-electron chi connectivity index (χ2n) is 24.6. The third kappa shape index (κ3) is 8.64. The molecular formula is C53H88N2O8. The summed E-state index contributed by atoms with van der Waals surface area (Å²) in [5.41, 5.74) is -0.170. The Morgan fingerprint density at radius 1 is 0.778 bits per heavy atom. The van der Waals surface area contributed by atoms with E-state index >= 15 is 4.79 Å². The number of esters is 1. The number of rotatable bonds is 13. The van der Waals surface area contributed by atoms with E-state index < -0.39 is 17.4 Å². The van der Waals surface area contributed by atoms with Gasteiger partial charge in [-0.3, -0.25) is 19.2 Å². The minimum absolute atomic E-state index is 0.0380. The molecule has 0 aromatic heterocycles. The van der Waals surface area contributed by atoms with Gasteiger partial charge in [-0.25, -0.2) is 0 Å². The molecule has 0 spiro atoms. The van der Waals surface area contributed by atoms with Gasteiger partial charge in [0.15, 0.2) is 0 Å². The first-order valence-electron chi connectivity index (χ1n) is 25.2. The second kappa shape index (κ2) is 18.4. The van der Waals surface area contributed by atoms with Crippen LogP contribution in [-0.4, -0.2) is 89.3 Å². The van der Waals surface area contributed by atoms with Gasteiger partial charge in [-0.1, -0.05) is 60.6 Å². The van der Waals surface area contributed by atoms with Gasteiger partial charge in [-0.15, -0.1) is 0 Å². The van der Waals surface area contributed by atoms with Crippen LogP contribution in [-0.2, 0) is 23.9 Å². The number of carboxylic acids is 1. The summed E-state index contributed by atoms with van der Waals surface area (Å²) < 4.78 is 6.20. The lowest BCUT2D eigenvalue weighted by Crippen LogP contribution is -2.67. The lowest BCUT2D eigenvalue weighted by Gasteiger charge is -2.73. The summed E-state index contributed by atoms with van der Waals surface area (Å²) in [6.45, 7) is 30.1. The van der Waals surface area contributed by atoms with Crippen LogP contribution in [0.1, 0.15) is 172 Å². The number of hydrogen-bond donors (Lipinski definition) is 4. The largest absolute Gasteiger partial charge is 0.481 e. The van der Waals surface area contributed by atoms with Gasteiger partial charge in [0.05, 0.1) is 25.0 Å². The highest BCUT2D eigenvalue weighted by Gasteiger charge is 2.72. The van der Waals surface area contributed by atoms with Gasteiger partial charge in [0.1, 0.15) is 11.9 Å². The highest BCUT2D eigenvalue weighted by Crippen LogP contribution is 2.78. The number of aliphatic hydroxyl groups excluding tert-OH is 2. The molecule has 1 heterocycles. The van der Waals surface area contributed by atoms with Crippen molar-refractivity contribution in [3.8, 4) is 0 Å². The molecule has 10 heteroatoms. The molecule has 4 unspecified atom stereocenters. The lowest BCUT2D eigenvalue weighted by atomic mass is 9.32. The minimum atomic E-state index is -1.15. The number of piperidine rings is 1. The number of aliphatic hydroxyl groups is 2. The summed E-state index contributed by atoms with van der Waals surface area (Å²) in [5.74, 6) is 1.92. The molecule has 0 radical (unpaired) electrons. The molecule has 6 saturated carbocycles. The molecular weight excluding hydrogens is 793 g/mol. The van der Waals surface area contributed by atoms with Crippen molar-refractivity contribution in [2.24, 2.45) is 79.3 Å². The van der Waals surface area contributed by atoms with Crippen molar-refractivity contribution in [1.29, 1.82) is 0 Å². The predicted molar refractivity (Wildman–Crippen MR) is 247 cm³/mol. The first-order chi connectivity index (χ1) is 29.4. The van der Waals surface area contributed by atoms with Gasteiger partial charge in [0, 0.05) is 49.3 Å². The Bertz CT molecular complexity index is 1710. The van der Waals surface area contributed by atoms with Crippen LogP contribution in [0.15, 0.2) is 12.2 Å². The van der Waals surface area contributed by atoms with Crippen LogP contribution in [0.4, 0.5) is 0 Å². The van der Waals surface area contributed by atoms with Crippen molar-refractivity contribution in [2.45, 2.75) is 178 Å². The number of carboxylic acid groups (broad SMARTS) is 1. The molecule has 0 aromatic carbocycles. The zero-order valence-corrected chi connectivity index (χ0v) is 41.2. The summed E-state index contributed by atoms with van der Waals surface area (Å²) in [5, 5.41) is 28.7. The molecule has 358 valence electrons. The number of fused-ring (bicyclic) bond motifs is 7. The lowest BCUT2D eigenvalue weighted by molar-refractivity contribution is -0.249. The maximum atomic E-state index is 15.1. The third-order valence-corrected chi connectivity index (χ3v) is 20.4. The van der Waals surface area contributed by atoms with Gasteiger partial charge < -0.3 is 30.3 Å². The third-order valence-electron chi connectivity index (χ3n) is 20.4. The van der Waals surface area contributed by atoms with E-state index in [1.54, 1.807) is 13.8 Å². The maximum Gasteiger partial charge on any atom is 0.309 e. The van der Waals surface area contributed by atoms with Gasteiger partial charge in [-0.05, 0) is 168 Å². The van der Waals surface area contributed by atoms with Crippen molar-refractivity contribution in [3.05, 3.63) is 12.2 Å². The second-order valence-corrected chi connectivity index (χ2v) is 24.6. The van der Waals surface area contributed by atoms with Gasteiger partial charge >= 0.3 is 11.9 Å². The molecule has 10 nitrogen and oxygen atoms in total. The van der Waals surface area contributed by atoms with E-state index in [-0.39, 0.29) is 70.1 Å². The normalized spacial score (nSPS) is 40.0. The Morgan fingerprint density at radius 2 is 1.43 bits per heavy atom. The average Bonchev–Trinajstić information content (AvgIpc) is 3.62.